The third-order valence-electron chi connectivity index (χ3n) is 3.54. The fourth-order valence-electron chi connectivity index (χ4n) is 2.55. The first-order chi connectivity index (χ1) is 9.88. The van der Waals surface area contributed by atoms with E-state index in [1.165, 1.54) is 12.1 Å². The average Bonchev–Trinajstić information content (AvgIpc) is 2.76. The van der Waals surface area contributed by atoms with Crippen molar-refractivity contribution < 1.29 is 13.2 Å². The van der Waals surface area contributed by atoms with Gasteiger partial charge in [0.15, 0.2) is 0 Å². The molecule has 2 aromatic rings. The highest BCUT2D eigenvalue weighted by Gasteiger charge is 2.35. The largest absolute Gasteiger partial charge is 0.418 e. The summed E-state index contributed by atoms with van der Waals surface area (Å²) in [5, 5.41) is 0.000411. The van der Waals surface area contributed by atoms with Crippen molar-refractivity contribution in [2.24, 2.45) is 0 Å². The Morgan fingerprint density at radius 2 is 1.90 bits per heavy atom. The Bertz CT molecular complexity index is 748. The summed E-state index contributed by atoms with van der Waals surface area (Å²) < 4.78 is 40.6. The van der Waals surface area contributed by atoms with E-state index in [0.717, 1.165) is 45.7 Å². The molecule has 1 aromatic carbocycles. The molecule has 1 aromatic heterocycles. The van der Waals surface area contributed by atoms with E-state index in [1.807, 2.05) is 0 Å². The highest BCUT2D eigenvalue weighted by atomic mass is 35.5. The van der Waals surface area contributed by atoms with Crippen molar-refractivity contribution in [1.82, 2.24) is 3.96 Å². The summed E-state index contributed by atoms with van der Waals surface area (Å²) in [6.45, 7) is 0. The maximum absolute atomic E-state index is 13.2. The normalized spacial score (nSPS) is 15.0. The number of rotatable bonds is 1. The number of hydrogen-bond donors (Lipinski definition) is 0. The molecular weight excluding hydrogens is 323 g/mol. The van der Waals surface area contributed by atoms with Crippen molar-refractivity contribution in [3.05, 3.63) is 49.6 Å². The fourth-order valence-corrected chi connectivity index (χ4v) is 3.93. The first kappa shape index (κ1) is 14.7. The molecule has 0 radical (unpaired) electrons. The third kappa shape index (κ3) is 2.62. The van der Waals surface area contributed by atoms with Crippen molar-refractivity contribution in [2.45, 2.75) is 31.9 Å². The molecule has 0 fully saturated rings. The summed E-state index contributed by atoms with van der Waals surface area (Å²) in [7, 11) is 0. The number of aromatic nitrogens is 1. The van der Waals surface area contributed by atoms with Gasteiger partial charge in [0, 0.05) is 15.5 Å². The quantitative estimate of drug-likeness (QED) is 0.755. The smallest absolute Gasteiger partial charge is 0.268 e. The van der Waals surface area contributed by atoms with Gasteiger partial charge >= 0.3 is 6.18 Å². The van der Waals surface area contributed by atoms with E-state index in [-0.39, 0.29) is 16.3 Å². The van der Waals surface area contributed by atoms with Gasteiger partial charge in [-0.3, -0.25) is 4.79 Å². The van der Waals surface area contributed by atoms with Gasteiger partial charge in [0.25, 0.3) is 5.56 Å². The second-order valence-corrected chi connectivity index (χ2v) is 6.44. The summed E-state index contributed by atoms with van der Waals surface area (Å²) in [6, 6.07) is 3.49. The molecule has 0 amide bonds. The first-order valence-corrected chi connectivity index (χ1v) is 7.64. The Morgan fingerprint density at radius 3 is 2.57 bits per heavy atom. The van der Waals surface area contributed by atoms with Crippen LogP contribution in [0.4, 0.5) is 13.2 Å². The van der Waals surface area contributed by atoms with Gasteiger partial charge in [-0.2, -0.15) is 13.2 Å². The van der Waals surface area contributed by atoms with Gasteiger partial charge in [0.2, 0.25) is 0 Å². The lowest BCUT2D eigenvalue weighted by Gasteiger charge is -2.12. The van der Waals surface area contributed by atoms with E-state index < -0.39 is 11.7 Å². The predicted octanol–water partition coefficient (Wildman–Crippen LogP) is 4.45. The summed E-state index contributed by atoms with van der Waals surface area (Å²) in [4.78, 5) is 13.2. The molecule has 0 spiro atoms. The monoisotopic (exact) mass is 333 g/mol. The minimum absolute atomic E-state index is 0.000411. The van der Waals surface area contributed by atoms with E-state index in [0.29, 0.717) is 12.0 Å². The molecule has 112 valence electrons. The molecule has 0 N–H and O–H groups in total. The molecule has 0 unspecified atom stereocenters. The van der Waals surface area contributed by atoms with Gasteiger partial charge in [0.1, 0.15) is 0 Å². The Hall–Kier alpha value is -1.27. The molecule has 1 aliphatic rings. The van der Waals surface area contributed by atoms with Gasteiger partial charge in [-0.15, -0.1) is 0 Å². The highest BCUT2D eigenvalue weighted by Crippen LogP contribution is 2.36. The van der Waals surface area contributed by atoms with Crippen molar-refractivity contribution in [1.29, 1.82) is 0 Å². The molecule has 3 rings (SSSR count). The predicted molar refractivity (Wildman–Crippen MR) is 76.6 cm³/mol. The van der Waals surface area contributed by atoms with Crippen molar-refractivity contribution >= 4 is 23.1 Å². The van der Waals surface area contributed by atoms with Crippen LogP contribution in [0.1, 0.15) is 28.8 Å². The van der Waals surface area contributed by atoms with E-state index in [2.05, 4.69) is 0 Å². The zero-order valence-corrected chi connectivity index (χ0v) is 12.4. The maximum atomic E-state index is 13.2. The number of alkyl halides is 3. The lowest BCUT2D eigenvalue weighted by molar-refractivity contribution is -0.137. The van der Waals surface area contributed by atoms with E-state index in [9.17, 15) is 18.0 Å². The molecule has 0 saturated carbocycles. The lowest BCUT2D eigenvalue weighted by Crippen LogP contribution is -2.20. The van der Waals surface area contributed by atoms with Gasteiger partial charge in [-0.25, -0.2) is 3.96 Å². The number of hydrogen-bond acceptors (Lipinski definition) is 2. The third-order valence-corrected chi connectivity index (χ3v) is 5.00. The first-order valence-electron chi connectivity index (χ1n) is 6.49. The summed E-state index contributed by atoms with van der Waals surface area (Å²) in [5.41, 5.74) is -0.691. The molecule has 0 bridgehead atoms. The fraction of sp³-hybridized carbons (Fsp3) is 0.357. The van der Waals surface area contributed by atoms with Crippen LogP contribution in [0.15, 0.2) is 23.0 Å². The number of benzene rings is 1. The second kappa shape index (κ2) is 5.18. The molecule has 0 atom stereocenters. The molecule has 21 heavy (non-hydrogen) atoms. The van der Waals surface area contributed by atoms with Crippen LogP contribution >= 0.6 is 23.1 Å². The lowest BCUT2D eigenvalue weighted by atomic mass is 10.00. The standard InChI is InChI=1S/C14H11ClF3NOS/c15-8-5-6-11(10(7-8)14(16,17)18)19-13(20)9-3-1-2-4-12(9)21-19/h5-7H,1-4H2. The van der Waals surface area contributed by atoms with E-state index >= 15 is 0 Å². The van der Waals surface area contributed by atoms with Gasteiger partial charge in [-0.1, -0.05) is 23.1 Å². The van der Waals surface area contributed by atoms with Crippen LogP contribution in [0, 0.1) is 0 Å². The Labute approximate surface area is 127 Å². The van der Waals surface area contributed by atoms with E-state index in [4.69, 9.17) is 11.6 Å². The summed E-state index contributed by atoms with van der Waals surface area (Å²) in [6.07, 6.45) is -1.26. The SMILES string of the molecule is O=c1c2c(sn1-c1ccc(Cl)cc1C(F)(F)F)CCCC2. The Morgan fingerprint density at radius 1 is 1.19 bits per heavy atom. The topological polar surface area (TPSA) is 22.0 Å². The second-order valence-electron chi connectivity index (χ2n) is 4.96. The zero-order valence-electron chi connectivity index (χ0n) is 10.8. The van der Waals surface area contributed by atoms with Crippen LogP contribution in [0.25, 0.3) is 5.69 Å². The zero-order chi connectivity index (χ0) is 15.2. The van der Waals surface area contributed by atoms with Gasteiger partial charge in [0.05, 0.1) is 11.3 Å². The van der Waals surface area contributed by atoms with Crippen LogP contribution in [0.3, 0.4) is 0 Å². The van der Waals surface area contributed by atoms with Crippen LogP contribution < -0.4 is 5.56 Å². The Kier molecular flexibility index (Phi) is 3.61. The van der Waals surface area contributed by atoms with Crippen LogP contribution in [-0.4, -0.2) is 3.96 Å². The van der Waals surface area contributed by atoms with Gasteiger partial charge in [-0.05, 0) is 43.9 Å². The molecule has 0 saturated heterocycles. The molecule has 7 heteroatoms. The van der Waals surface area contributed by atoms with Crippen LogP contribution in [0.5, 0.6) is 0 Å². The Balaban J connectivity index is 2.22. The summed E-state index contributed by atoms with van der Waals surface area (Å²) in [5.74, 6) is 0. The summed E-state index contributed by atoms with van der Waals surface area (Å²) >= 11 is 6.78. The maximum Gasteiger partial charge on any atom is 0.418 e. The number of fused-ring (bicyclic) bond motifs is 1. The number of halogens is 4. The van der Waals surface area contributed by atoms with Crippen molar-refractivity contribution in [3.8, 4) is 5.69 Å². The minimum atomic E-state index is -4.55. The van der Waals surface area contributed by atoms with Crippen LogP contribution in [-0.2, 0) is 19.0 Å². The molecule has 0 aliphatic heterocycles. The average molecular weight is 334 g/mol. The molecule has 1 heterocycles. The number of aryl methyl sites for hydroxylation is 1. The molecule has 2 nitrogen and oxygen atoms in total. The van der Waals surface area contributed by atoms with E-state index in [1.54, 1.807) is 0 Å². The minimum Gasteiger partial charge on any atom is -0.268 e. The van der Waals surface area contributed by atoms with Crippen molar-refractivity contribution in [3.63, 3.8) is 0 Å². The molecule has 1 aliphatic carbocycles. The molecular formula is C14H11ClF3NOS. The highest BCUT2D eigenvalue weighted by molar-refractivity contribution is 7.07. The van der Waals surface area contributed by atoms with Gasteiger partial charge < -0.3 is 0 Å². The number of nitrogens with zero attached hydrogens (tertiary/aromatic N) is 1. The van der Waals surface area contributed by atoms with Crippen LogP contribution in [0.2, 0.25) is 5.02 Å². The van der Waals surface area contributed by atoms with Crippen molar-refractivity contribution in [2.75, 3.05) is 0 Å².